The van der Waals surface area contributed by atoms with Gasteiger partial charge in [-0.1, -0.05) is 50.6 Å². The Labute approximate surface area is 122 Å². The molecular formula is C17H27N3. The van der Waals surface area contributed by atoms with E-state index in [1.807, 2.05) is 7.05 Å². The van der Waals surface area contributed by atoms with Crippen LogP contribution in [0.4, 0.5) is 0 Å². The summed E-state index contributed by atoms with van der Waals surface area (Å²) in [7, 11) is 1.85. The van der Waals surface area contributed by atoms with Crippen molar-refractivity contribution in [2.24, 2.45) is 10.9 Å². The topological polar surface area (TPSA) is 36.4 Å². The third kappa shape index (κ3) is 4.26. The minimum absolute atomic E-state index is 0.486. The number of hydrogen-bond acceptors (Lipinski definition) is 1. The molecule has 0 bridgehead atoms. The fourth-order valence-corrected chi connectivity index (χ4v) is 2.63. The molecule has 1 aliphatic rings. The fraction of sp³-hybridized carbons (Fsp3) is 0.588. The van der Waals surface area contributed by atoms with Crippen LogP contribution in [-0.2, 0) is 0 Å². The Kier molecular flexibility index (Phi) is 5.45. The molecule has 0 heterocycles. The molecule has 20 heavy (non-hydrogen) atoms. The van der Waals surface area contributed by atoms with Gasteiger partial charge >= 0.3 is 0 Å². The molecule has 3 atom stereocenters. The van der Waals surface area contributed by atoms with Crippen LogP contribution in [0.15, 0.2) is 35.3 Å². The van der Waals surface area contributed by atoms with E-state index in [0.29, 0.717) is 12.0 Å². The van der Waals surface area contributed by atoms with Crippen LogP contribution in [0.1, 0.15) is 44.6 Å². The average molecular weight is 273 g/mol. The number of rotatable bonds is 6. The van der Waals surface area contributed by atoms with Crippen molar-refractivity contribution >= 4 is 5.96 Å². The lowest BCUT2D eigenvalue weighted by Gasteiger charge is -2.16. The second-order valence-corrected chi connectivity index (χ2v) is 5.80. The summed E-state index contributed by atoms with van der Waals surface area (Å²) in [5, 5.41) is 6.96. The molecule has 0 radical (unpaired) electrons. The molecule has 0 spiro atoms. The van der Waals surface area contributed by atoms with Crippen LogP contribution in [0.3, 0.4) is 0 Å². The highest BCUT2D eigenvalue weighted by Crippen LogP contribution is 2.34. The summed E-state index contributed by atoms with van der Waals surface area (Å²) in [6, 6.07) is 11.2. The molecule has 1 aromatic carbocycles. The van der Waals surface area contributed by atoms with E-state index in [0.717, 1.165) is 18.4 Å². The number of nitrogens with one attached hydrogen (secondary N) is 2. The maximum Gasteiger partial charge on any atom is 0.191 e. The SMILES string of the molecule is CCCC1CC1NC(=NC)NCC(C)c1ccccc1. The van der Waals surface area contributed by atoms with Gasteiger partial charge in [0.2, 0.25) is 0 Å². The Morgan fingerprint density at radius 2 is 2.10 bits per heavy atom. The number of guanidine groups is 1. The lowest BCUT2D eigenvalue weighted by atomic mass is 10.0. The minimum atomic E-state index is 0.486. The predicted molar refractivity (Wildman–Crippen MR) is 86.2 cm³/mol. The minimum Gasteiger partial charge on any atom is -0.356 e. The molecule has 3 nitrogen and oxygen atoms in total. The van der Waals surface area contributed by atoms with E-state index in [1.165, 1.54) is 24.8 Å². The monoisotopic (exact) mass is 273 g/mol. The van der Waals surface area contributed by atoms with Crippen LogP contribution < -0.4 is 10.6 Å². The van der Waals surface area contributed by atoms with Crippen molar-refractivity contribution in [1.82, 2.24) is 10.6 Å². The molecule has 1 fully saturated rings. The Bertz CT molecular complexity index is 427. The molecule has 3 unspecified atom stereocenters. The highest BCUT2D eigenvalue weighted by atomic mass is 15.2. The lowest BCUT2D eigenvalue weighted by molar-refractivity contribution is 0.647. The molecule has 1 aromatic rings. The van der Waals surface area contributed by atoms with Crippen LogP contribution in [0.25, 0.3) is 0 Å². The Hall–Kier alpha value is -1.51. The first-order valence-corrected chi connectivity index (χ1v) is 7.76. The van der Waals surface area contributed by atoms with Gasteiger partial charge in [-0.15, -0.1) is 0 Å². The van der Waals surface area contributed by atoms with Gasteiger partial charge in [0.15, 0.2) is 5.96 Å². The van der Waals surface area contributed by atoms with E-state index >= 15 is 0 Å². The lowest BCUT2D eigenvalue weighted by Crippen LogP contribution is -2.40. The molecule has 0 aromatic heterocycles. The van der Waals surface area contributed by atoms with Crippen LogP contribution in [0, 0.1) is 5.92 Å². The van der Waals surface area contributed by atoms with Gasteiger partial charge < -0.3 is 10.6 Å². The second kappa shape index (κ2) is 7.32. The highest BCUT2D eigenvalue weighted by molar-refractivity contribution is 5.80. The van der Waals surface area contributed by atoms with E-state index in [-0.39, 0.29) is 0 Å². The van der Waals surface area contributed by atoms with Gasteiger partial charge in [-0.25, -0.2) is 0 Å². The van der Waals surface area contributed by atoms with E-state index < -0.39 is 0 Å². The van der Waals surface area contributed by atoms with Gasteiger partial charge in [0, 0.05) is 19.6 Å². The Morgan fingerprint density at radius 1 is 1.35 bits per heavy atom. The molecule has 1 saturated carbocycles. The summed E-state index contributed by atoms with van der Waals surface area (Å²) in [6.07, 6.45) is 3.90. The predicted octanol–water partition coefficient (Wildman–Crippen LogP) is 3.14. The number of hydrogen-bond donors (Lipinski definition) is 2. The molecule has 2 N–H and O–H groups in total. The zero-order chi connectivity index (χ0) is 14.4. The van der Waals surface area contributed by atoms with Crippen molar-refractivity contribution in [2.45, 2.75) is 45.1 Å². The first-order chi connectivity index (χ1) is 9.74. The second-order valence-electron chi connectivity index (χ2n) is 5.80. The molecule has 0 aliphatic heterocycles. The van der Waals surface area contributed by atoms with Crippen LogP contribution >= 0.6 is 0 Å². The maximum absolute atomic E-state index is 4.32. The quantitative estimate of drug-likeness (QED) is 0.617. The van der Waals surface area contributed by atoms with Crippen LogP contribution in [0.2, 0.25) is 0 Å². The molecule has 1 aliphatic carbocycles. The third-order valence-corrected chi connectivity index (χ3v) is 4.07. The van der Waals surface area contributed by atoms with Gasteiger partial charge in [0.1, 0.15) is 0 Å². The normalized spacial score (nSPS) is 23.2. The van der Waals surface area contributed by atoms with Crippen LogP contribution in [-0.4, -0.2) is 25.6 Å². The first-order valence-electron chi connectivity index (χ1n) is 7.76. The summed E-state index contributed by atoms with van der Waals surface area (Å²) in [5.41, 5.74) is 1.37. The van der Waals surface area contributed by atoms with Gasteiger partial charge in [-0.05, 0) is 30.2 Å². The summed E-state index contributed by atoms with van der Waals surface area (Å²) in [4.78, 5) is 4.32. The van der Waals surface area contributed by atoms with Gasteiger partial charge in [0.25, 0.3) is 0 Å². The van der Waals surface area contributed by atoms with Crippen molar-refractivity contribution < 1.29 is 0 Å². The van der Waals surface area contributed by atoms with Gasteiger partial charge in [-0.3, -0.25) is 4.99 Å². The standard InChI is InChI=1S/C17H27N3/c1-4-8-15-11-16(15)20-17(18-3)19-12-13(2)14-9-6-5-7-10-14/h5-7,9-10,13,15-16H,4,8,11-12H2,1-3H3,(H2,18,19,20). The number of aliphatic imine (C=N–C) groups is 1. The van der Waals surface area contributed by atoms with Crippen molar-refractivity contribution in [3.05, 3.63) is 35.9 Å². The van der Waals surface area contributed by atoms with Gasteiger partial charge in [-0.2, -0.15) is 0 Å². The molecular weight excluding hydrogens is 246 g/mol. The van der Waals surface area contributed by atoms with Gasteiger partial charge in [0.05, 0.1) is 0 Å². The van der Waals surface area contributed by atoms with E-state index in [1.54, 1.807) is 0 Å². The van der Waals surface area contributed by atoms with Crippen molar-refractivity contribution in [3.8, 4) is 0 Å². The van der Waals surface area contributed by atoms with Crippen molar-refractivity contribution in [2.75, 3.05) is 13.6 Å². The van der Waals surface area contributed by atoms with Crippen molar-refractivity contribution in [1.29, 1.82) is 0 Å². The van der Waals surface area contributed by atoms with Crippen LogP contribution in [0.5, 0.6) is 0 Å². The third-order valence-electron chi connectivity index (χ3n) is 4.07. The summed E-state index contributed by atoms with van der Waals surface area (Å²) < 4.78 is 0. The van der Waals surface area contributed by atoms with E-state index in [9.17, 15) is 0 Å². The largest absolute Gasteiger partial charge is 0.356 e. The zero-order valence-corrected chi connectivity index (χ0v) is 12.9. The highest BCUT2D eigenvalue weighted by Gasteiger charge is 2.36. The Balaban J connectivity index is 1.75. The van der Waals surface area contributed by atoms with E-state index in [4.69, 9.17) is 0 Å². The first kappa shape index (κ1) is 14.9. The maximum atomic E-state index is 4.32. The molecule has 3 heteroatoms. The zero-order valence-electron chi connectivity index (χ0n) is 12.9. The molecule has 110 valence electrons. The Morgan fingerprint density at radius 3 is 2.75 bits per heavy atom. The fourth-order valence-electron chi connectivity index (χ4n) is 2.63. The summed E-state index contributed by atoms with van der Waals surface area (Å²) in [6.45, 7) is 5.41. The molecule has 0 saturated heterocycles. The molecule has 2 rings (SSSR count). The average Bonchev–Trinajstić information content (AvgIpc) is 3.22. The molecule has 0 amide bonds. The number of nitrogens with zero attached hydrogens (tertiary/aromatic N) is 1. The summed E-state index contributed by atoms with van der Waals surface area (Å²) in [5.74, 6) is 2.28. The smallest absolute Gasteiger partial charge is 0.191 e. The summed E-state index contributed by atoms with van der Waals surface area (Å²) >= 11 is 0. The van der Waals surface area contributed by atoms with E-state index in [2.05, 4.69) is 59.8 Å². The van der Waals surface area contributed by atoms with Crippen molar-refractivity contribution in [3.63, 3.8) is 0 Å². The number of benzene rings is 1.